The fourth-order valence-electron chi connectivity index (χ4n) is 3.37. The molecule has 0 aliphatic heterocycles. The van der Waals surface area contributed by atoms with Crippen molar-refractivity contribution in [3.63, 3.8) is 0 Å². The van der Waals surface area contributed by atoms with Gasteiger partial charge in [0.15, 0.2) is 0 Å². The van der Waals surface area contributed by atoms with Gasteiger partial charge in [0.2, 0.25) is 0 Å². The molecular formula is C21H22F3NO4. The molecule has 2 N–H and O–H groups in total. The predicted octanol–water partition coefficient (Wildman–Crippen LogP) is 5.29. The Morgan fingerprint density at radius 3 is 2.45 bits per heavy atom. The Bertz CT molecular complexity index is 1030. The van der Waals surface area contributed by atoms with E-state index in [1.807, 2.05) is 0 Å². The maximum absolute atomic E-state index is 13.8. The number of hydrogen-bond acceptors (Lipinski definition) is 4. The number of carboxylic acids is 1. The number of carbonyl (C=O) groups is 1. The SMILES string of the molecule is COc1ccc2oc3cc(C(N[C@@H](CC(C)C)C(=O)O)C(F)(F)F)ccc3c2c1. The summed E-state index contributed by atoms with van der Waals surface area (Å²) in [5.41, 5.74) is 0.709. The van der Waals surface area contributed by atoms with Crippen molar-refractivity contribution >= 4 is 27.9 Å². The molecule has 29 heavy (non-hydrogen) atoms. The Kier molecular flexibility index (Phi) is 5.75. The van der Waals surface area contributed by atoms with Crippen molar-refractivity contribution in [3.8, 4) is 5.75 Å². The van der Waals surface area contributed by atoms with Crippen molar-refractivity contribution in [2.75, 3.05) is 7.11 Å². The molecule has 0 fully saturated rings. The largest absolute Gasteiger partial charge is 0.497 e. The second-order valence-corrected chi connectivity index (χ2v) is 7.38. The molecule has 0 amide bonds. The number of alkyl halides is 3. The monoisotopic (exact) mass is 409 g/mol. The lowest BCUT2D eigenvalue weighted by Gasteiger charge is -2.26. The Labute approximate surface area is 165 Å². The van der Waals surface area contributed by atoms with Crippen molar-refractivity contribution < 1.29 is 32.2 Å². The minimum absolute atomic E-state index is 0.0780. The first-order valence-corrected chi connectivity index (χ1v) is 9.16. The molecule has 0 bridgehead atoms. The second-order valence-electron chi connectivity index (χ2n) is 7.38. The lowest BCUT2D eigenvalue weighted by atomic mass is 9.99. The Morgan fingerprint density at radius 2 is 1.86 bits per heavy atom. The van der Waals surface area contributed by atoms with Crippen LogP contribution in [0.25, 0.3) is 21.9 Å². The van der Waals surface area contributed by atoms with Crippen molar-refractivity contribution in [1.82, 2.24) is 5.32 Å². The molecule has 0 saturated carbocycles. The van der Waals surface area contributed by atoms with Crippen LogP contribution in [0.4, 0.5) is 13.2 Å². The highest BCUT2D eigenvalue weighted by Gasteiger charge is 2.43. The second kappa shape index (κ2) is 7.94. The maximum atomic E-state index is 13.8. The molecule has 1 aromatic heterocycles. The number of methoxy groups -OCH3 is 1. The molecule has 5 nitrogen and oxygen atoms in total. The molecular weight excluding hydrogens is 387 g/mol. The van der Waals surface area contributed by atoms with Gasteiger partial charge in [0, 0.05) is 10.8 Å². The van der Waals surface area contributed by atoms with Gasteiger partial charge in [-0.15, -0.1) is 0 Å². The van der Waals surface area contributed by atoms with E-state index in [4.69, 9.17) is 9.15 Å². The number of halogens is 3. The fraction of sp³-hybridized carbons (Fsp3) is 0.381. The first-order chi connectivity index (χ1) is 13.6. The third kappa shape index (κ3) is 4.48. The summed E-state index contributed by atoms with van der Waals surface area (Å²) < 4.78 is 52.2. The first kappa shape index (κ1) is 21.0. The van der Waals surface area contributed by atoms with E-state index >= 15 is 0 Å². The van der Waals surface area contributed by atoms with Crippen LogP contribution in [-0.2, 0) is 4.79 Å². The summed E-state index contributed by atoms with van der Waals surface area (Å²) in [6, 6.07) is 5.90. The molecule has 0 aliphatic carbocycles. The fourth-order valence-corrected chi connectivity index (χ4v) is 3.37. The molecule has 0 radical (unpaired) electrons. The molecule has 8 heteroatoms. The van der Waals surface area contributed by atoms with E-state index in [1.165, 1.54) is 19.2 Å². The third-order valence-corrected chi connectivity index (χ3v) is 4.74. The van der Waals surface area contributed by atoms with Crippen LogP contribution in [0.5, 0.6) is 5.75 Å². The zero-order valence-corrected chi connectivity index (χ0v) is 16.2. The zero-order valence-electron chi connectivity index (χ0n) is 16.2. The third-order valence-electron chi connectivity index (χ3n) is 4.74. The van der Waals surface area contributed by atoms with Crippen LogP contribution in [-0.4, -0.2) is 30.4 Å². The van der Waals surface area contributed by atoms with Crippen LogP contribution < -0.4 is 10.1 Å². The zero-order chi connectivity index (χ0) is 21.3. The van der Waals surface area contributed by atoms with E-state index in [2.05, 4.69) is 5.32 Å². The lowest BCUT2D eigenvalue weighted by Crippen LogP contribution is -2.45. The van der Waals surface area contributed by atoms with Gasteiger partial charge < -0.3 is 14.3 Å². The number of fused-ring (bicyclic) bond motifs is 3. The predicted molar refractivity (Wildman–Crippen MR) is 103 cm³/mol. The Balaban J connectivity index is 2.03. The van der Waals surface area contributed by atoms with Gasteiger partial charge in [-0.2, -0.15) is 13.2 Å². The van der Waals surface area contributed by atoms with Gasteiger partial charge in [-0.05, 0) is 42.2 Å². The molecule has 1 unspecified atom stereocenters. The number of aliphatic carboxylic acids is 1. The van der Waals surface area contributed by atoms with E-state index in [0.29, 0.717) is 16.7 Å². The normalized spacial score (nSPS) is 14.4. The number of hydrogen-bond donors (Lipinski definition) is 2. The van der Waals surface area contributed by atoms with E-state index in [9.17, 15) is 23.1 Å². The van der Waals surface area contributed by atoms with Gasteiger partial charge in [-0.25, -0.2) is 0 Å². The number of benzene rings is 2. The smallest absolute Gasteiger partial charge is 0.407 e. The molecule has 0 aliphatic rings. The summed E-state index contributed by atoms with van der Waals surface area (Å²) in [4.78, 5) is 11.5. The van der Waals surface area contributed by atoms with Crippen molar-refractivity contribution in [2.24, 2.45) is 5.92 Å². The Morgan fingerprint density at radius 1 is 1.14 bits per heavy atom. The van der Waals surface area contributed by atoms with Crippen LogP contribution in [0, 0.1) is 5.92 Å². The van der Waals surface area contributed by atoms with Crippen molar-refractivity contribution in [2.45, 2.75) is 38.5 Å². The number of nitrogens with one attached hydrogen (secondary N) is 1. The van der Waals surface area contributed by atoms with Crippen LogP contribution in [0.15, 0.2) is 40.8 Å². The van der Waals surface area contributed by atoms with E-state index in [1.54, 1.807) is 38.1 Å². The number of carboxylic acid groups (broad SMARTS) is 1. The van der Waals surface area contributed by atoms with E-state index < -0.39 is 24.2 Å². The van der Waals surface area contributed by atoms with Crippen LogP contribution in [0.3, 0.4) is 0 Å². The highest BCUT2D eigenvalue weighted by molar-refractivity contribution is 6.05. The Hall–Kier alpha value is -2.74. The van der Waals surface area contributed by atoms with Crippen LogP contribution in [0.2, 0.25) is 0 Å². The standard InChI is InChI=1S/C21H22F3NO4/c1-11(2)8-16(20(26)27)25-19(21(22,23)24)12-4-6-14-15-10-13(28-3)5-7-17(15)29-18(14)9-12/h4-7,9-11,16,19,25H,8H2,1-3H3,(H,26,27)/t16-,19?/m0/s1. The summed E-state index contributed by atoms with van der Waals surface area (Å²) in [5, 5.41) is 13.0. The van der Waals surface area contributed by atoms with Gasteiger partial charge >= 0.3 is 12.1 Å². The summed E-state index contributed by atoms with van der Waals surface area (Å²) in [6.07, 6.45) is -4.60. The van der Waals surface area contributed by atoms with Gasteiger partial charge in [0.05, 0.1) is 7.11 Å². The highest BCUT2D eigenvalue weighted by Crippen LogP contribution is 2.37. The summed E-state index contributed by atoms with van der Waals surface area (Å²) >= 11 is 0. The van der Waals surface area contributed by atoms with Gasteiger partial charge in [-0.1, -0.05) is 26.0 Å². The van der Waals surface area contributed by atoms with Crippen LogP contribution >= 0.6 is 0 Å². The van der Waals surface area contributed by atoms with Gasteiger partial charge in [0.25, 0.3) is 0 Å². The van der Waals surface area contributed by atoms with E-state index in [-0.39, 0.29) is 23.5 Å². The van der Waals surface area contributed by atoms with Crippen molar-refractivity contribution in [1.29, 1.82) is 0 Å². The molecule has 3 rings (SSSR count). The molecule has 0 spiro atoms. The molecule has 2 atom stereocenters. The van der Waals surface area contributed by atoms with Gasteiger partial charge in [0.1, 0.15) is 29.0 Å². The topological polar surface area (TPSA) is 71.7 Å². The first-order valence-electron chi connectivity index (χ1n) is 9.16. The quantitative estimate of drug-likeness (QED) is 0.555. The number of rotatable bonds is 7. The minimum Gasteiger partial charge on any atom is -0.497 e. The summed E-state index contributed by atoms with van der Waals surface area (Å²) in [7, 11) is 1.52. The molecule has 0 saturated heterocycles. The average Bonchev–Trinajstić information content (AvgIpc) is 3.00. The van der Waals surface area contributed by atoms with Crippen LogP contribution in [0.1, 0.15) is 31.9 Å². The number of ether oxygens (including phenoxy) is 1. The maximum Gasteiger partial charge on any atom is 0.407 e. The minimum atomic E-state index is -4.67. The van der Waals surface area contributed by atoms with Gasteiger partial charge in [-0.3, -0.25) is 10.1 Å². The number of furan rings is 1. The summed E-state index contributed by atoms with van der Waals surface area (Å²) in [5.74, 6) is -0.785. The molecule has 156 valence electrons. The average molecular weight is 409 g/mol. The molecule has 3 aromatic rings. The van der Waals surface area contributed by atoms with Crippen molar-refractivity contribution in [3.05, 3.63) is 42.0 Å². The lowest BCUT2D eigenvalue weighted by molar-refractivity contribution is -0.163. The molecule has 1 heterocycles. The van der Waals surface area contributed by atoms with E-state index in [0.717, 1.165) is 5.39 Å². The summed E-state index contributed by atoms with van der Waals surface area (Å²) in [6.45, 7) is 3.52. The highest BCUT2D eigenvalue weighted by atomic mass is 19.4. The molecule has 2 aromatic carbocycles.